The van der Waals surface area contributed by atoms with E-state index in [0.29, 0.717) is 13.2 Å². The van der Waals surface area contributed by atoms with Crippen LogP contribution >= 0.6 is 0 Å². The molecule has 2 rings (SSSR count). The molecular weight excluding hydrogens is 238 g/mol. The van der Waals surface area contributed by atoms with E-state index in [-0.39, 0.29) is 11.5 Å². The Balaban J connectivity index is 2.14. The Morgan fingerprint density at radius 2 is 1.84 bits per heavy atom. The van der Waals surface area contributed by atoms with Crippen LogP contribution in [0.4, 0.5) is 0 Å². The highest BCUT2D eigenvalue weighted by Crippen LogP contribution is 2.49. The van der Waals surface area contributed by atoms with Crippen LogP contribution in [0.3, 0.4) is 0 Å². The Bertz CT molecular complexity index is 272. The van der Waals surface area contributed by atoms with Crippen LogP contribution in [0.1, 0.15) is 71.1 Å². The molecule has 1 heterocycles. The van der Waals surface area contributed by atoms with Crippen LogP contribution in [0, 0.1) is 5.41 Å². The number of rotatable bonds is 4. The molecular formula is C16H31NO2. The van der Waals surface area contributed by atoms with E-state index in [0.717, 1.165) is 38.5 Å². The average Bonchev–Trinajstić information content (AvgIpc) is 2.66. The molecule has 3 N–H and O–H groups in total. The van der Waals surface area contributed by atoms with E-state index in [1.807, 2.05) is 0 Å². The van der Waals surface area contributed by atoms with Crippen molar-refractivity contribution in [2.75, 3.05) is 13.2 Å². The quantitative estimate of drug-likeness (QED) is 0.771. The van der Waals surface area contributed by atoms with Gasteiger partial charge in [0.1, 0.15) is 0 Å². The Kier molecular flexibility index (Phi) is 5.27. The van der Waals surface area contributed by atoms with Crippen molar-refractivity contribution in [1.82, 2.24) is 0 Å². The zero-order chi connectivity index (χ0) is 13.8. The molecule has 3 heteroatoms. The second-order valence-corrected chi connectivity index (χ2v) is 6.67. The molecule has 0 spiro atoms. The lowest BCUT2D eigenvalue weighted by Gasteiger charge is -2.50. The Morgan fingerprint density at radius 1 is 1.16 bits per heavy atom. The topological polar surface area (TPSA) is 55.5 Å². The Morgan fingerprint density at radius 3 is 2.42 bits per heavy atom. The molecule has 1 saturated heterocycles. The Labute approximate surface area is 117 Å². The smallest absolute Gasteiger partial charge is 0.0762 e. The molecule has 0 aromatic carbocycles. The van der Waals surface area contributed by atoms with Gasteiger partial charge in [0.25, 0.3) is 0 Å². The zero-order valence-corrected chi connectivity index (χ0v) is 12.5. The van der Waals surface area contributed by atoms with Crippen molar-refractivity contribution in [1.29, 1.82) is 0 Å². The highest BCUT2D eigenvalue weighted by Gasteiger charge is 2.51. The van der Waals surface area contributed by atoms with E-state index in [1.165, 1.54) is 25.7 Å². The second kappa shape index (κ2) is 6.55. The van der Waals surface area contributed by atoms with Crippen LogP contribution in [-0.4, -0.2) is 30.0 Å². The second-order valence-electron chi connectivity index (χ2n) is 6.67. The van der Waals surface area contributed by atoms with Gasteiger partial charge in [-0.2, -0.15) is 0 Å². The first-order valence-electron chi connectivity index (χ1n) is 8.20. The van der Waals surface area contributed by atoms with Crippen LogP contribution in [0.15, 0.2) is 0 Å². The van der Waals surface area contributed by atoms with Crippen molar-refractivity contribution >= 4 is 0 Å². The maximum absolute atomic E-state index is 11.3. The van der Waals surface area contributed by atoms with Crippen molar-refractivity contribution in [3.05, 3.63) is 0 Å². The van der Waals surface area contributed by atoms with E-state index < -0.39 is 5.60 Å². The van der Waals surface area contributed by atoms with Crippen LogP contribution in [-0.2, 0) is 4.74 Å². The maximum atomic E-state index is 11.3. The van der Waals surface area contributed by atoms with Crippen LogP contribution in [0.5, 0.6) is 0 Å². The molecule has 0 amide bonds. The lowest BCUT2D eigenvalue weighted by Crippen LogP contribution is -2.57. The van der Waals surface area contributed by atoms with Crippen LogP contribution in [0.2, 0.25) is 0 Å². The van der Waals surface area contributed by atoms with Crippen LogP contribution in [0.25, 0.3) is 0 Å². The zero-order valence-electron chi connectivity index (χ0n) is 12.5. The molecule has 0 aromatic rings. The summed E-state index contributed by atoms with van der Waals surface area (Å²) in [6, 6.07) is 0. The summed E-state index contributed by atoms with van der Waals surface area (Å²) in [6.45, 7) is 3.51. The molecule has 112 valence electrons. The van der Waals surface area contributed by atoms with Gasteiger partial charge in [0.05, 0.1) is 11.7 Å². The van der Waals surface area contributed by atoms with Crippen molar-refractivity contribution in [3.63, 3.8) is 0 Å². The van der Waals surface area contributed by atoms with Gasteiger partial charge in [-0.25, -0.2) is 0 Å². The molecule has 2 aliphatic rings. The monoisotopic (exact) mass is 269 g/mol. The molecule has 19 heavy (non-hydrogen) atoms. The van der Waals surface area contributed by atoms with E-state index in [1.54, 1.807) is 0 Å². The summed E-state index contributed by atoms with van der Waals surface area (Å²) in [4.78, 5) is 0. The summed E-state index contributed by atoms with van der Waals surface area (Å²) >= 11 is 0. The summed E-state index contributed by atoms with van der Waals surface area (Å²) in [5.74, 6) is 0. The standard InChI is InChI=1S/C16H31NO2/c1-2-7-14-12-16(18,10-11-19-14)15(13-17)8-5-3-4-6-9-15/h14,18H,2-13,17H2,1H3. The van der Waals surface area contributed by atoms with Gasteiger partial charge in [-0.05, 0) is 19.3 Å². The third-order valence-corrected chi connectivity index (χ3v) is 5.48. The molecule has 2 unspecified atom stereocenters. The molecule has 1 aliphatic heterocycles. The van der Waals surface area contributed by atoms with Crippen molar-refractivity contribution < 1.29 is 9.84 Å². The summed E-state index contributed by atoms with van der Waals surface area (Å²) in [5, 5.41) is 11.3. The number of ether oxygens (including phenoxy) is 1. The van der Waals surface area contributed by atoms with Gasteiger partial charge in [0.2, 0.25) is 0 Å². The van der Waals surface area contributed by atoms with E-state index in [4.69, 9.17) is 10.5 Å². The minimum absolute atomic E-state index is 0.0563. The minimum Gasteiger partial charge on any atom is -0.389 e. The van der Waals surface area contributed by atoms with Crippen LogP contribution < -0.4 is 5.73 Å². The minimum atomic E-state index is -0.593. The third-order valence-electron chi connectivity index (χ3n) is 5.48. The Hall–Kier alpha value is -0.120. The third kappa shape index (κ3) is 3.14. The summed E-state index contributed by atoms with van der Waals surface area (Å²) in [6.07, 6.45) is 11.2. The predicted octanol–water partition coefficient (Wildman–Crippen LogP) is 3.00. The fraction of sp³-hybridized carbons (Fsp3) is 1.00. The highest BCUT2D eigenvalue weighted by atomic mass is 16.5. The first kappa shape index (κ1) is 15.3. The van der Waals surface area contributed by atoms with Gasteiger partial charge in [-0.15, -0.1) is 0 Å². The number of nitrogens with two attached hydrogens (primary N) is 1. The molecule has 2 atom stereocenters. The SMILES string of the molecule is CCCC1CC(O)(C2(CN)CCCCCC2)CCO1. The van der Waals surface area contributed by atoms with Gasteiger partial charge >= 0.3 is 0 Å². The molecule has 3 nitrogen and oxygen atoms in total. The molecule has 2 fully saturated rings. The number of hydrogen-bond acceptors (Lipinski definition) is 3. The fourth-order valence-electron chi connectivity index (χ4n) is 4.19. The highest BCUT2D eigenvalue weighted by molar-refractivity contribution is 5.03. The summed E-state index contributed by atoms with van der Waals surface area (Å²) < 4.78 is 5.82. The first-order valence-corrected chi connectivity index (χ1v) is 8.20. The lowest BCUT2D eigenvalue weighted by molar-refractivity contribution is -0.171. The lowest BCUT2D eigenvalue weighted by atomic mass is 9.62. The van der Waals surface area contributed by atoms with Crippen molar-refractivity contribution in [2.45, 2.75) is 82.8 Å². The van der Waals surface area contributed by atoms with E-state index in [2.05, 4.69) is 6.92 Å². The number of aliphatic hydroxyl groups is 1. The first-order chi connectivity index (χ1) is 9.16. The van der Waals surface area contributed by atoms with Gasteiger partial charge < -0.3 is 15.6 Å². The molecule has 0 radical (unpaired) electrons. The molecule has 1 aliphatic carbocycles. The average molecular weight is 269 g/mol. The fourth-order valence-corrected chi connectivity index (χ4v) is 4.19. The van der Waals surface area contributed by atoms with Gasteiger partial charge in [0, 0.05) is 31.4 Å². The predicted molar refractivity (Wildman–Crippen MR) is 78.0 cm³/mol. The summed E-state index contributed by atoms with van der Waals surface area (Å²) in [7, 11) is 0. The molecule has 1 saturated carbocycles. The largest absolute Gasteiger partial charge is 0.389 e. The van der Waals surface area contributed by atoms with Crippen molar-refractivity contribution in [2.24, 2.45) is 11.1 Å². The van der Waals surface area contributed by atoms with E-state index in [9.17, 15) is 5.11 Å². The van der Waals surface area contributed by atoms with Gasteiger partial charge in [0.15, 0.2) is 0 Å². The van der Waals surface area contributed by atoms with Gasteiger partial charge in [-0.1, -0.05) is 39.0 Å². The summed E-state index contributed by atoms with van der Waals surface area (Å²) in [5.41, 5.74) is 5.49. The van der Waals surface area contributed by atoms with Crippen molar-refractivity contribution in [3.8, 4) is 0 Å². The molecule has 0 aromatic heterocycles. The number of hydrogen-bond donors (Lipinski definition) is 2. The molecule has 0 bridgehead atoms. The van der Waals surface area contributed by atoms with Gasteiger partial charge in [-0.3, -0.25) is 0 Å². The maximum Gasteiger partial charge on any atom is 0.0762 e. The normalized spacial score (nSPS) is 35.8. The van der Waals surface area contributed by atoms with E-state index >= 15 is 0 Å².